The molecule has 1 heterocycles. The van der Waals surface area contributed by atoms with Gasteiger partial charge >= 0.3 is 0 Å². The summed E-state index contributed by atoms with van der Waals surface area (Å²) >= 11 is 0. The fourth-order valence-corrected chi connectivity index (χ4v) is 2.42. The molecule has 0 spiro atoms. The Bertz CT molecular complexity index is 306. The Hall–Kier alpha value is -0.820. The molecule has 1 atom stereocenters. The minimum atomic E-state index is 0.611. The van der Waals surface area contributed by atoms with Gasteiger partial charge in [-0.25, -0.2) is 0 Å². The summed E-state index contributed by atoms with van der Waals surface area (Å²) in [7, 11) is 0. The van der Waals surface area contributed by atoms with E-state index in [1.54, 1.807) is 5.56 Å². The molecule has 1 unspecified atom stereocenters. The van der Waals surface area contributed by atoms with E-state index in [1.807, 2.05) is 0 Å². The van der Waals surface area contributed by atoms with Crippen molar-refractivity contribution in [1.82, 2.24) is 4.90 Å². The van der Waals surface area contributed by atoms with Crippen LogP contribution in [0, 0.1) is 0 Å². The van der Waals surface area contributed by atoms with E-state index in [2.05, 4.69) is 43.0 Å². The Labute approximate surface area is 86.7 Å². The van der Waals surface area contributed by atoms with E-state index in [-0.39, 0.29) is 0 Å². The zero-order valence-corrected chi connectivity index (χ0v) is 9.16. The fraction of sp³-hybridized carbons (Fsp3) is 0.538. The van der Waals surface area contributed by atoms with Crippen molar-refractivity contribution in [1.29, 1.82) is 0 Å². The predicted octanol–water partition coefficient (Wildman–Crippen LogP) is 3.02. The third-order valence-corrected chi connectivity index (χ3v) is 3.23. The standard InChI is InChI=1S/C13H19N/c1-3-9-14-10-8-12-6-4-5-7-13(12)11(14)2/h4-7,11H,3,8-10H2,1-2H3. The van der Waals surface area contributed by atoms with Gasteiger partial charge in [0, 0.05) is 12.6 Å². The van der Waals surface area contributed by atoms with E-state index in [0.29, 0.717) is 6.04 Å². The summed E-state index contributed by atoms with van der Waals surface area (Å²) in [5, 5.41) is 0. The van der Waals surface area contributed by atoms with Gasteiger partial charge in [0.1, 0.15) is 0 Å². The van der Waals surface area contributed by atoms with Crippen LogP contribution in [-0.2, 0) is 6.42 Å². The molecule has 1 nitrogen and oxygen atoms in total. The van der Waals surface area contributed by atoms with Crippen molar-refractivity contribution in [2.75, 3.05) is 13.1 Å². The van der Waals surface area contributed by atoms with Gasteiger partial charge in [0.2, 0.25) is 0 Å². The highest BCUT2D eigenvalue weighted by Gasteiger charge is 2.21. The summed E-state index contributed by atoms with van der Waals surface area (Å²) < 4.78 is 0. The first kappa shape index (κ1) is 9.72. The third kappa shape index (κ3) is 1.69. The van der Waals surface area contributed by atoms with Crippen molar-refractivity contribution in [3.8, 4) is 0 Å². The molecule has 0 saturated carbocycles. The first-order valence-corrected chi connectivity index (χ1v) is 5.64. The lowest BCUT2D eigenvalue weighted by Gasteiger charge is -2.34. The van der Waals surface area contributed by atoms with Crippen molar-refractivity contribution < 1.29 is 0 Å². The number of benzene rings is 1. The van der Waals surface area contributed by atoms with E-state index in [1.165, 1.54) is 31.5 Å². The highest BCUT2D eigenvalue weighted by atomic mass is 15.2. The van der Waals surface area contributed by atoms with Crippen LogP contribution >= 0.6 is 0 Å². The van der Waals surface area contributed by atoms with Gasteiger partial charge in [0.25, 0.3) is 0 Å². The van der Waals surface area contributed by atoms with Gasteiger partial charge < -0.3 is 0 Å². The molecular weight excluding hydrogens is 170 g/mol. The van der Waals surface area contributed by atoms with Crippen molar-refractivity contribution >= 4 is 0 Å². The van der Waals surface area contributed by atoms with E-state index in [9.17, 15) is 0 Å². The lowest BCUT2D eigenvalue weighted by Crippen LogP contribution is -2.34. The molecule has 0 aliphatic carbocycles. The van der Waals surface area contributed by atoms with Gasteiger partial charge in [0.15, 0.2) is 0 Å². The van der Waals surface area contributed by atoms with Crippen LogP contribution < -0.4 is 0 Å². The summed E-state index contributed by atoms with van der Waals surface area (Å²) in [4.78, 5) is 2.59. The predicted molar refractivity (Wildman–Crippen MR) is 60.4 cm³/mol. The molecule has 2 rings (SSSR count). The molecule has 0 amide bonds. The Morgan fingerprint density at radius 3 is 2.93 bits per heavy atom. The molecule has 76 valence electrons. The molecule has 1 aromatic rings. The normalized spacial score (nSPS) is 22.0. The molecule has 0 radical (unpaired) electrons. The van der Waals surface area contributed by atoms with Gasteiger partial charge in [-0.1, -0.05) is 31.2 Å². The Kier molecular flexibility index (Phi) is 2.87. The van der Waals surface area contributed by atoms with Gasteiger partial charge in [-0.3, -0.25) is 4.90 Å². The number of rotatable bonds is 2. The molecule has 0 bridgehead atoms. The van der Waals surface area contributed by atoms with Gasteiger partial charge in [0.05, 0.1) is 0 Å². The van der Waals surface area contributed by atoms with Gasteiger partial charge in [-0.2, -0.15) is 0 Å². The summed E-state index contributed by atoms with van der Waals surface area (Å²) in [5.74, 6) is 0. The zero-order valence-electron chi connectivity index (χ0n) is 9.16. The van der Waals surface area contributed by atoms with E-state index < -0.39 is 0 Å². The van der Waals surface area contributed by atoms with E-state index >= 15 is 0 Å². The maximum Gasteiger partial charge on any atom is 0.0322 e. The van der Waals surface area contributed by atoms with Crippen LogP contribution in [0.3, 0.4) is 0 Å². The van der Waals surface area contributed by atoms with Crippen LogP contribution in [0.5, 0.6) is 0 Å². The molecule has 14 heavy (non-hydrogen) atoms. The SMILES string of the molecule is CCCN1CCc2ccccc2C1C. The molecule has 1 aliphatic rings. The first-order chi connectivity index (χ1) is 6.83. The highest BCUT2D eigenvalue weighted by Crippen LogP contribution is 2.28. The van der Waals surface area contributed by atoms with E-state index in [0.717, 1.165) is 0 Å². The highest BCUT2D eigenvalue weighted by molar-refractivity contribution is 5.31. The smallest absolute Gasteiger partial charge is 0.0322 e. The van der Waals surface area contributed by atoms with Gasteiger partial charge in [-0.05, 0) is 37.4 Å². The van der Waals surface area contributed by atoms with Crippen LogP contribution in [0.25, 0.3) is 0 Å². The van der Waals surface area contributed by atoms with Crippen molar-refractivity contribution in [3.05, 3.63) is 35.4 Å². The average Bonchev–Trinajstić information content (AvgIpc) is 2.23. The Morgan fingerprint density at radius 2 is 2.14 bits per heavy atom. The number of fused-ring (bicyclic) bond motifs is 1. The first-order valence-electron chi connectivity index (χ1n) is 5.64. The molecule has 1 aliphatic heterocycles. The quantitative estimate of drug-likeness (QED) is 0.691. The molecule has 1 aromatic carbocycles. The van der Waals surface area contributed by atoms with Gasteiger partial charge in [-0.15, -0.1) is 0 Å². The summed E-state index contributed by atoms with van der Waals surface area (Å²) in [5.41, 5.74) is 3.08. The maximum atomic E-state index is 2.59. The third-order valence-electron chi connectivity index (χ3n) is 3.23. The lowest BCUT2D eigenvalue weighted by atomic mass is 9.93. The minimum absolute atomic E-state index is 0.611. The second kappa shape index (κ2) is 4.14. The zero-order chi connectivity index (χ0) is 9.97. The van der Waals surface area contributed by atoms with Crippen molar-refractivity contribution in [3.63, 3.8) is 0 Å². The fourth-order valence-electron chi connectivity index (χ4n) is 2.42. The second-order valence-corrected chi connectivity index (χ2v) is 4.16. The molecule has 0 aromatic heterocycles. The Morgan fingerprint density at radius 1 is 1.36 bits per heavy atom. The van der Waals surface area contributed by atoms with Crippen LogP contribution in [0.15, 0.2) is 24.3 Å². The van der Waals surface area contributed by atoms with Crippen LogP contribution in [-0.4, -0.2) is 18.0 Å². The molecule has 0 N–H and O–H groups in total. The largest absolute Gasteiger partial charge is 0.296 e. The summed E-state index contributed by atoms with van der Waals surface area (Å²) in [6.45, 7) is 7.04. The lowest BCUT2D eigenvalue weighted by molar-refractivity contribution is 0.199. The second-order valence-electron chi connectivity index (χ2n) is 4.16. The van der Waals surface area contributed by atoms with Crippen LogP contribution in [0.4, 0.5) is 0 Å². The number of hydrogen-bond donors (Lipinski definition) is 0. The number of nitrogens with zero attached hydrogens (tertiary/aromatic N) is 1. The van der Waals surface area contributed by atoms with E-state index in [4.69, 9.17) is 0 Å². The minimum Gasteiger partial charge on any atom is -0.296 e. The summed E-state index contributed by atoms with van der Waals surface area (Å²) in [6, 6.07) is 9.47. The molecule has 1 heteroatoms. The molecule has 0 saturated heterocycles. The summed E-state index contributed by atoms with van der Waals surface area (Å²) in [6.07, 6.45) is 2.48. The Balaban J connectivity index is 2.22. The average molecular weight is 189 g/mol. The number of hydrogen-bond acceptors (Lipinski definition) is 1. The molecular formula is C13H19N. The maximum absolute atomic E-state index is 2.59. The van der Waals surface area contributed by atoms with Crippen molar-refractivity contribution in [2.24, 2.45) is 0 Å². The monoisotopic (exact) mass is 189 g/mol. The molecule has 0 fully saturated rings. The van der Waals surface area contributed by atoms with Crippen molar-refractivity contribution in [2.45, 2.75) is 32.7 Å². The van der Waals surface area contributed by atoms with Crippen LogP contribution in [0.2, 0.25) is 0 Å². The van der Waals surface area contributed by atoms with Crippen LogP contribution in [0.1, 0.15) is 37.4 Å². The topological polar surface area (TPSA) is 3.24 Å².